The number of esters is 5. The van der Waals surface area contributed by atoms with Crippen molar-refractivity contribution in [1.82, 2.24) is 20.0 Å². The minimum atomic E-state index is -1.15. The first-order valence-electron chi connectivity index (χ1n) is 14.0. The third-order valence-electron chi connectivity index (χ3n) is 6.53. The lowest BCUT2D eigenvalue weighted by Crippen LogP contribution is -2.47. The molecule has 15 heteroatoms. The van der Waals surface area contributed by atoms with Crippen molar-refractivity contribution in [3.8, 4) is 0 Å². The van der Waals surface area contributed by atoms with E-state index >= 15 is 0 Å². The first kappa shape index (κ1) is 34.4. The molecule has 1 N–H and O–H groups in total. The number of hydrogen-bond acceptors (Lipinski definition) is 15. The minimum Gasteiger partial charge on any atom is -0.461 e. The Kier molecular flexibility index (Phi) is 16.8. The monoisotopic (exact) mass is 588 g/mol. The Morgan fingerprint density at radius 2 is 1.17 bits per heavy atom. The molecule has 1 unspecified atom stereocenters. The van der Waals surface area contributed by atoms with Crippen LogP contribution in [-0.2, 0) is 52.4 Å². The van der Waals surface area contributed by atoms with Gasteiger partial charge in [-0.1, -0.05) is 0 Å². The SMILES string of the molecule is COCCOC(=O)COC(=O)C(C)OC(=O)CCN1CCN(CCC(=O)OCOC(=O)CCN2CCNCC2)CC1. The Morgan fingerprint density at radius 3 is 1.71 bits per heavy atom. The van der Waals surface area contributed by atoms with E-state index in [2.05, 4.69) is 20.0 Å². The van der Waals surface area contributed by atoms with Crippen molar-refractivity contribution in [3.05, 3.63) is 0 Å². The average Bonchev–Trinajstić information content (AvgIpc) is 2.97. The highest BCUT2D eigenvalue weighted by molar-refractivity contribution is 5.81. The standard InChI is InChI=1S/C26H44N4O11/c1-21(26(35)38-19-25(34)37-18-17-36-2)41-24(33)5-10-30-15-13-29(14-16-30)9-4-23(32)40-20-39-22(31)3-8-28-11-6-27-7-12-28/h21,27H,3-20H2,1-2H3. The van der Waals surface area contributed by atoms with E-state index in [-0.39, 0.29) is 45.2 Å². The van der Waals surface area contributed by atoms with E-state index in [9.17, 15) is 24.0 Å². The summed E-state index contributed by atoms with van der Waals surface area (Å²) in [7, 11) is 1.46. The predicted octanol–water partition coefficient (Wildman–Crippen LogP) is -1.61. The van der Waals surface area contributed by atoms with E-state index in [1.807, 2.05) is 0 Å². The van der Waals surface area contributed by atoms with Crippen molar-refractivity contribution >= 4 is 29.8 Å². The maximum atomic E-state index is 12.1. The molecule has 2 aliphatic rings. The first-order valence-corrected chi connectivity index (χ1v) is 14.0. The van der Waals surface area contributed by atoms with E-state index < -0.39 is 36.6 Å². The highest BCUT2D eigenvalue weighted by atomic mass is 16.7. The van der Waals surface area contributed by atoms with Crippen molar-refractivity contribution in [2.24, 2.45) is 0 Å². The normalized spacial score (nSPS) is 17.3. The van der Waals surface area contributed by atoms with Crippen molar-refractivity contribution in [2.75, 3.05) is 106 Å². The molecule has 41 heavy (non-hydrogen) atoms. The van der Waals surface area contributed by atoms with Crippen LogP contribution >= 0.6 is 0 Å². The fourth-order valence-corrected chi connectivity index (χ4v) is 4.06. The molecular formula is C26H44N4O11. The fourth-order valence-electron chi connectivity index (χ4n) is 4.06. The molecule has 0 aromatic carbocycles. The van der Waals surface area contributed by atoms with E-state index in [0.29, 0.717) is 45.8 Å². The number of carbonyl (C=O) groups is 5. The summed E-state index contributed by atoms with van der Waals surface area (Å²) < 4.78 is 29.5. The van der Waals surface area contributed by atoms with Crippen LogP contribution in [0.2, 0.25) is 0 Å². The van der Waals surface area contributed by atoms with Gasteiger partial charge in [-0.2, -0.15) is 0 Å². The Morgan fingerprint density at radius 1 is 0.659 bits per heavy atom. The van der Waals surface area contributed by atoms with Crippen LogP contribution in [0.4, 0.5) is 0 Å². The number of ether oxygens (including phenoxy) is 6. The van der Waals surface area contributed by atoms with Crippen molar-refractivity contribution in [1.29, 1.82) is 0 Å². The van der Waals surface area contributed by atoms with E-state index in [4.69, 9.17) is 28.4 Å². The molecule has 2 rings (SSSR count). The maximum Gasteiger partial charge on any atom is 0.347 e. The molecule has 0 aromatic heterocycles. The maximum absolute atomic E-state index is 12.1. The highest BCUT2D eigenvalue weighted by Gasteiger charge is 2.23. The van der Waals surface area contributed by atoms with Gasteiger partial charge in [0.25, 0.3) is 0 Å². The van der Waals surface area contributed by atoms with Gasteiger partial charge in [-0.15, -0.1) is 0 Å². The molecule has 0 aliphatic carbocycles. The number of nitrogens with one attached hydrogen (secondary N) is 1. The molecule has 0 radical (unpaired) electrons. The van der Waals surface area contributed by atoms with Crippen LogP contribution in [0.1, 0.15) is 26.2 Å². The van der Waals surface area contributed by atoms with E-state index in [0.717, 1.165) is 26.2 Å². The van der Waals surface area contributed by atoms with Crippen molar-refractivity contribution < 1.29 is 52.4 Å². The van der Waals surface area contributed by atoms with Crippen LogP contribution in [0.3, 0.4) is 0 Å². The molecule has 234 valence electrons. The zero-order chi connectivity index (χ0) is 29.9. The molecule has 0 saturated carbocycles. The van der Waals surface area contributed by atoms with Gasteiger partial charge in [0.2, 0.25) is 6.79 Å². The zero-order valence-corrected chi connectivity index (χ0v) is 24.1. The molecule has 0 spiro atoms. The van der Waals surface area contributed by atoms with Gasteiger partial charge in [0.05, 0.1) is 25.9 Å². The van der Waals surface area contributed by atoms with Crippen molar-refractivity contribution in [2.45, 2.75) is 32.3 Å². The molecular weight excluding hydrogens is 544 g/mol. The Bertz CT molecular complexity index is 830. The number of hydrogen-bond donors (Lipinski definition) is 1. The summed E-state index contributed by atoms with van der Waals surface area (Å²) in [6, 6.07) is 0. The molecule has 0 bridgehead atoms. The molecule has 15 nitrogen and oxygen atoms in total. The van der Waals surface area contributed by atoms with Gasteiger partial charge >= 0.3 is 29.8 Å². The number of nitrogens with zero attached hydrogens (tertiary/aromatic N) is 3. The van der Waals surface area contributed by atoms with E-state index in [1.165, 1.54) is 14.0 Å². The molecule has 0 aromatic rings. The lowest BCUT2D eigenvalue weighted by atomic mass is 10.2. The van der Waals surface area contributed by atoms with Gasteiger partial charge in [-0.3, -0.25) is 14.4 Å². The van der Waals surface area contributed by atoms with Gasteiger partial charge in [0.15, 0.2) is 12.7 Å². The third kappa shape index (κ3) is 15.7. The number of methoxy groups -OCH3 is 1. The van der Waals surface area contributed by atoms with Crippen molar-refractivity contribution in [3.63, 3.8) is 0 Å². The number of piperazine rings is 2. The summed E-state index contributed by atoms with van der Waals surface area (Å²) in [6.45, 7) is 8.78. The predicted molar refractivity (Wildman–Crippen MR) is 142 cm³/mol. The topological polar surface area (TPSA) is 162 Å². The zero-order valence-electron chi connectivity index (χ0n) is 24.1. The fraction of sp³-hybridized carbons (Fsp3) is 0.808. The molecule has 0 amide bonds. The second kappa shape index (κ2) is 20.1. The first-order chi connectivity index (χ1) is 19.8. The molecule has 2 fully saturated rings. The second-order valence-corrected chi connectivity index (χ2v) is 9.63. The summed E-state index contributed by atoms with van der Waals surface area (Å²) in [5.41, 5.74) is 0. The van der Waals surface area contributed by atoms with E-state index in [1.54, 1.807) is 0 Å². The van der Waals surface area contributed by atoms with Crippen LogP contribution in [0, 0.1) is 0 Å². The van der Waals surface area contributed by atoms with Crippen LogP contribution in [0.15, 0.2) is 0 Å². The molecule has 2 aliphatic heterocycles. The van der Waals surface area contributed by atoms with Crippen LogP contribution in [0.25, 0.3) is 0 Å². The lowest BCUT2D eigenvalue weighted by Gasteiger charge is -2.34. The van der Waals surface area contributed by atoms with Crippen LogP contribution in [0.5, 0.6) is 0 Å². The largest absolute Gasteiger partial charge is 0.461 e. The lowest BCUT2D eigenvalue weighted by molar-refractivity contribution is -0.171. The summed E-state index contributed by atoms with van der Waals surface area (Å²) in [5.74, 6) is -2.92. The quantitative estimate of drug-likeness (QED) is 0.0841. The van der Waals surface area contributed by atoms with Crippen LogP contribution < -0.4 is 5.32 Å². The van der Waals surface area contributed by atoms with Crippen LogP contribution in [-0.4, -0.2) is 156 Å². The summed E-state index contributed by atoms with van der Waals surface area (Å²) >= 11 is 0. The minimum absolute atomic E-state index is 0.0503. The summed E-state index contributed by atoms with van der Waals surface area (Å²) in [4.78, 5) is 65.7. The van der Waals surface area contributed by atoms with Gasteiger partial charge in [0, 0.05) is 79.1 Å². The van der Waals surface area contributed by atoms with Gasteiger partial charge in [0.1, 0.15) is 6.61 Å². The Labute approximate surface area is 240 Å². The molecule has 2 heterocycles. The average molecular weight is 589 g/mol. The second-order valence-electron chi connectivity index (χ2n) is 9.63. The van der Waals surface area contributed by atoms with Gasteiger partial charge in [-0.05, 0) is 6.92 Å². The number of rotatable bonds is 18. The molecule has 2 saturated heterocycles. The van der Waals surface area contributed by atoms with Gasteiger partial charge in [-0.25, -0.2) is 9.59 Å². The highest BCUT2D eigenvalue weighted by Crippen LogP contribution is 2.06. The number of carbonyl (C=O) groups excluding carboxylic acids is 5. The Balaban J connectivity index is 1.48. The summed E-state index contributed by atoms with van der Waals surface area (Å²) in [5, 5.41) is 3.25. The smallest absolute Gasteiger partial charge is 0.347 e. The van der Waals surface area contributed by atoms with Gasteiger partial charge < -0.3 is 48.4 Å². The summed E-state index contributed by atoms with van der Waals surface area (Å²) in [6.07, 6.45) is -0.605. The third-order valence-corrected chi connectivity index (χ3v) is 6.53. The molecule has 1 atom stereocenters. The Hall–Kier alpha value is -2.85.